The molecule has 0 saturated carbocycles. The Morgan fingerprint density at radius 2 is 2.29 bits per heavy atom. The summed E-state index contributed by atoms with van der Waals surface area (Å²) in [7, 11) is 0. The van der Waals surface area contributed by atoms with Crippen LogP contribution in [0.15, 0.2) is 23.2 Å². The van der Waals surface area contributed by atoms with E-state index < -0.39 is 23.5 Å². The fourth-order valence-electron chi connectivity index (χ4n) is 1.61. The van der Waals surface area contributed by atoms with Gasteiger partial charge < -0.3 is 4.74 Å². The van der Waals surface area contributed by atoms with E-state index >= 15 is 0 Å². The second kappa shape index (κ2) is 4.45. The summed E-state index contributed by atoms with van der Waals surface area (Å²) in [5.41, 5.74) is 0.488. The fraction of sp³-hybridized carbons (Fsp3) is 0.250. The largest absolute Gasteiger partial charge is 0.465 e. The Morgan fingerprint density at radius 3 is 3.00 bits per heavy atom. The van der Waals surface area contributed by atoms with E-state index in [4.69, 9.17) is 4.74 Å². The Hall–Kier alpha value is -2.04. The van der Waals surface area contributed by atoms with Gasteiger partial charge in [0.25, 0.3) is 0 Å². The first-order valence-corrected chi connectivity index (χ1v) is 5.18. The maximum atomic E-state index is 12.9. The average Bonchev–Trinajstić information content (AvgIpc) is 2.29. The van der Waals surface area contributed by atoms with E-state index in [-0.39, 0.29) is 17.9 Å². The minimum absolute atomic E-state index is 0.201. The van der Waals surface area contributed by atoms with Crippen LogP contribution >= 0.6 is 0 Å². The lowest BCUT2D eigenvalue weighted by molar-refractivity contribution is -0.143. The molecule has 1 heterocycles. The lowest BCUT2D eigenvalue weighted by Gasteiger charge is -2.15. The van der Waals surface area contributed by atoms with Crippen molar-refractivity contribution >= 4 is 23.7 Å². The van der Waals surface area contributed by atoms with Gasteiger partial charge in [-0.15, -0.1) is 0 Å². The monoisotopic (exact) mass is 235 g/mol. The molecule has 88 valence electrons. The molecule has 1 atom stereocenters. The van der Waals surface area contributed by atoms with Crippen molar-refractivity contribution < 1.29 is 18.7 Å². The molecule has 0 fully saturated rings. The molecule has 1 unspecified atom stereocenters. The van der Waals surface area contributed by atoms with Gasteiger partial charge >= 0.3 is 5.97 Å². The highest BCUT2D eigenvalue weighted by Crippen LogP contribution is 2.27. The third-order valence-corrected chi connectivity index (χ3v) is 2.41. The predicted octanol–water partition coefficient (Wildman–Crippen LogP) is 1.90. The first-order chi connectivity index (χ1) is 8.13. The van der Waals surface area contributed by atoms with Crippen molar-refractivity contribution in [1.82, 2.24) is 0 Å². The molecule has 0 aromatic heterocycles. The maximum absolute atomic E-state index is 12.9. The van der Waals surface area contributed by atoms with Crippen LogP contribution in [0.25, 0.3) is 0 Å². The summed E-state index contributed by atoms with van der Waals surface area (Å²) in [6, 6.07) is 3.65. The van der Waals surface area contributed by atoms with Crippen LogP contribution in [0, 0.1) is 11.7 Å². The lowest BCUT2D eigenvalue weighted by Crippen LogP contribution is -2.29. The number of halogens is 1. The fourth-order valence-corrected chi connectivity index (χ4v) is 1.61. The molecule has 1 aliphatic rings. The highest BCUT2D eigenvalue weighted by molar-refractivity contribution is 6.22. The smallest absolute Gasteiger partial charge is 0.322 e. The lowest BCUT2D eigenvalue weighted by atomic mass is 9.95. The van der Waals surface area contributed by atoms with Gasteiger partial charge in [-0.05, 0) is 19.1 Å². The van der Waals surface area contributed by atoms with Crippen LogP contribution in [0.1, 0.15) is 17.3 Å². The van der Waals surface area contributed by atoms with Crippen molar-refractivity contribution in [2.45, 2.75) is 6.92 Å². The van der Waals surface area contributed by atoms with Crippen molar-refractivity contribution in [2.75, 3.05) is 6.61 Å². The second-order valence-electron chi connectivity index (χ2n) is 3.53. The number of carbonyl (C=O) groups is 2. The van der Waals surface area contributed by atoms with E-state index in [0.29, 0.717) is 0 Å². The molecule has 0 radical (unpaired) electrons. The second-order valence-corrected chi connectivity index (χ2v) is 3.53. The molecule has 0 N–H and O–H groups in total. The van der Waals surface area contributed by atoms with Gasteiger partial charge in [-0.25, -0.2) is 4.39 Å². The normalized spacial score (nSPS) is 17.8. The Morgan fingerprint density at radius 1 is 1.53 bits per heavy atom. The van der Waals surface area contributed by atoms with Crippen LogP contribution in [0.2, 0.25) is 0 Å². The van der Waals surface area contributed by atoms with E-state index in [1.807, 2.05) is 0 Å². The molecule has 0 saturated heterocycles. The summed E-state index contributed by atoms with van der Waals surface area (Å²) in [5.74, 6) is -2.53. The van der Waals surface area contributed by atoms with Crippen molar-refractivity contribution in [3.8, 4) is 0 Å². The van der Waals surface area contributed by atoms with Crippen molar-refractivity contribution in [1.29, 1.82) is 0 Å². The Bertz CT molecular complexity index is 510. The Kier molecular flexibility index (Phi) is 2.99. The summed E-state index contributed by atoms with van der Waals surface area (Å²) in [6.45, 7) is 1.86. The zero-order valence-corrected chi connectivity index (χ0v) is 9.14. The van der Waals surface area contributed by atoms with Gasteiger partial charge in [0.2, 0.25) is 0 Å². The SMILES string of the molecule is CCOC(=O)C1C=Nc2cc(F)ccc2C1=O. The minimum Gasteiger partial charge on any atom is -0.465 e. The summed E-state index contributed by atoms with van der Waals surface area (Å²) in [4.78, 5) is 27.3. The van der Waals surface area contributed by atoms with Gasteiger partial charge in [-0.3, -0.25) is 14.6 Å². The molecule has 1 aromatic carbocycles. The molecule has 5 heteroatoms. The van der Waals surface area contributed by atoms with Crippen LogP contribution in [0.5, 0.6) is 0 Å². The number of ether oxygens (including phenoxy) is 1. The van der Waals surface area contributed by atoms with Gasteiger partial charge in [-0.2, -0.15) is 0 Å². The van der Waals surface area contributed by atoms with E-state index in [0.717, 1.165) is 6.07 Å². The quantitative estimate of drug-likeness (QED) is 0.581. The van der Waals surface area contributed by atoms with Crippen LogP contribution in [-0.4, -0.2) is 24.6 Å². The van der Waals surface area contributed by atoms with Crippen LogP contribution < -0.4 is 0 Å². The van der Waals surface area contributed by atoms with Crippen LogP contribution in [-0.2, 0) is 9.53 Å². The highest BCUT2D eigenvalue weighted by atomic mass is 19.1. The number of esters is 1. The van der Waals surface area contributed by atoms with E-state index in [9.17, 15) is 14.0 Å². The van der Waals surface area contributed by atoms with Gasteiger partial charge in [0.15, 0.2) is 11.7 Å². The van der Waals surface area contributed by atoms with E-state index in [1.54, 1.807) is 6.92 Å². The predicted molar refractivity (Wildman–Crippen MR) is 59.0 cm³/mol. The van der Waals surface area contributed by atoms with Crippen LogP contribution in [0.3, 0.4) is 0 Å². The van der Waals surface area contributed by atoms with Gasteiger partial charge in [-0.1, -0.05) is 0 Å². The minimum atomic E-state index is -1.02. The Balaban J connectivity index is 2.34. The molecule has 0 spiro atoms. The molecule has 0 aliphatic carbocycles. The number of fused-ring (bicyclic) bond motifs is 1. The third kappa shape index (κ3) is 2.08. The zero-order chi connectivity index (χ0) is 12.4. The number of Topliss-reactive ketones (excluding diaryl/α,β-unsaturated/α-hetero) is 1. The molecule has 1 aliphatic heterocycles. The van der Waals surface area contributed by atoms with Gasteiger partial charge in [0, 0.05) is 17.8 Å². The molecule has 1 aromatic rings. The number of hydrogen-bond donors (Lipinski definition) is 0. The standard InChI is InChI=1S/C12H10FNO3/c1-2-17-12(16)9-6-14-10-5-7(13)3-4-8(10)11(9)15/h3-6,9H,2H2,1H3. The topological polar surface area (TPSA) is 55.7 Å². The molecular weight excluding hydrogens is 225 g/mol. The third-order valence-electron chi connectivity index (χ3n) is 2.41. The molecule has 4 nitrogen and oxygen atoms in total. The first-order valence-electron chi connectivity index (χ1n) is 5.18. The van der Waals surface area contributed by atoms with Crippen molar-refractivity contribution in [3.63, 3.8) is 0 Å². The number of hydrogen-bond acceptors (Lipinski definition) is 4. The zero-order valence-electron chi connectivity index (χ0n) is 9.14. The molecule has 0 amide bonds. The molecule has 17 heavy (non-hydrogen) atoms. The summed E-state index contributed by atoms with van der Waals surface area (Å²) >= 11 is 0. The maximum Gasteiger partial charge on any atom is 0.322 e. The van der Waals surface area contributed by atoms with Gasteiger partial charge in [0.05, 0.1) is 12.3 Å². The number of rotatable bonds is 2. The number of nitrogens with zero attached hydrogens (tertiary/aromatic N) is 1. The van der Waals surface area contributed by atoms with Crippen molar-refractivity contribution in [3.05, 3.63) is 29.6 Å². The number of ketones is 1. The molecule has 2 rings (SSSR count). The number of carbonyl (C=O) groups excluding carboxylic acids is 2. The number of benzene rings is 1. The van der Waals surface area contributed by atoms with Gasteiger partial charge in [0.1, 0.15) is 5.82 Å². The number of aliphatic imine (C=N–C) groups is 1. The Labute approximate surface area is 97.1 Å². The van der Waals surface area contributed by atoms with E-state index in [2.05, 4.69) is 4.99 Å². The van der Waals surface area contributed by atoms with E-state index in [1.165, 1.54) is 18.3 Å². The summed E-state index contributed by atoms with van der Waals surface area (Å²) in [5, 5.41) is 0. The highest BCUT2D eigenvalue weighted by Gasteiger charge is 2.31. The first kappa shape index (κ1) is 11.4. The van der Waals surface area contributed by atoms with Crippen LogP contribution in [0.4, 0.5) is 10.1 Å². The summed E-state index contributed by atoms with van der Waals surface area (Å²) < 4.78 is 17.7. The van der Waals surface area contributed by atoms with Crippen molar-refractivity contribution in [2.24, 2.45) is 10.9 Å². The average molecular weight is 235 g/mol. The molecular formula is C12H10FNO3. The molecule has 0 bridgehead atoms. The summed E-state index contributed by atoms with van der Waals surface area (Å²) in [6.07, 6.45) is 1.20.